The largest absolute Gasteiger partial charge is 0.259 e. The first-order valence-corrected chi connectivity index (χ1v) is 7.89. The number of halogens is 2. The summed E-state index contributed by atoms with van der Waals surface area (Å²) >= 11 is 1.39. The number of hydrogen-bond donors (Lipinski definition) is 0. The molecule has 0 aliphatic rings. The smallest absolute Gasteiger partial charge is 0.235 e. The molecule has 2 heterocycles. The summed E-state index contributed by atoms with van der Waals surface area (Å²) in [4.78, 5) is 11.6. The third-order valence-corrected chi connectivity index (χ3v) is 4.94. The Kier molecular flexibility index (Phi) is 3.38. The zero-order valence-corrected chi connectivity index (χ0v) is 13.2. The summed E-state index contributed by atoms with van der Waals surface area (Å²) in [5, 5.41) is 10.1. The van der Waals surface area contributed by atoms with Gasteiger partial charge in [0.2, 0.25) is 0 Å². The van der Waals surface area contributed by atoms with Crippen molar-refractivity contribution in [2.75, 3.05) is 0 Å². The molecule has 0 saturated heterocycles. The van der Waals surface area contributed by atoms with E-state index in [0.29, 0.717) is 4.88 Å². The Bertz CT molecular complexity index is 1220. The van der Waals surface area contributed by atoms with Crippen molar-refractivity contribution in [2.45, 2.75) is 0 Å². The van der Waals surface area contributed by atoms with Crippen molar-refractivity contribution in [1.29, 1.82) is 5.26 Å². The van der Waals surface area contributed by atoms with Gasteiger partial charge in [0, 0.05) is 4.70 Å². The van der Waals surface area contributed by atoms with Gasteiger partial charge < -0.3 is 0 Å². The lowest BCUT2D eigenvalue weighted by molar-refractivity contribution is 0.599. The average molecular weight is 348 g/mol. The molecular weight excluding hydrogens is 342 g/mol. The molecule has 0 unspecified atom stereocenters. The Labute approximate surface area is 144 Å². The Balaban J connectivity index is 2.16. The number of rotatable bonds is 1. The van der Waals surface area contributed by atoms with Crippen LogP contribution >= 0.6 is 11.3 Å². The summed E-state index contributed by atoms with van der Waals surface area (Å²) in [5.74, 6) is -2.24. The molecule has 0 aliphatic carbocycles. The third kappa shape index (κ3) is 2.14. The Morgan fingerprint density at radius 3 is 2.68 bits per heavy atom. The topological polar surface area (TPSA) is 53.9 Å². The minimum atomic E-state index is -1.19. The van der Waals surface area contributed by atoms with Crippen molar-refractivity contribution in [1.82, 2.24) is 9.97 Å². The SMILES string of the molecule is [C-]#[N+]c1c(F)c(C#N)c2ncnc(-c3cc4ccccc4s3)c2c1F. The summed E-state index contributed by atoms with van der Waals surface area (Å²) in [6.45, 7) is 7.03. The lowest BCUT2D eigenvalue weighted by Crippen LogP contribution is -1.98. The summed E-state index contributed by atoms with van der Waals surface area (Å²) < 4.78 is 30.0. The quantitative estimate of drug-likeness (QED) is 0.444. The van der Waals surface area contributed by atoms with E-state index in [9.17, 15) is 14.0 Å². The molecule has 0 saturated carbocycles. The van der Waals surface area contributed by atoms with Gasteiger partial charge in [-0.1, -0.05) is 18.2 Å². The molecule has 25 heavy (non-hydrogen) atoms. The van der Waals surface area contributed by atoms with Crippen molar-refractivity contribution in [3.8, 4) is 16.6 Å². The third-order valence-electron chi connectivity index (χ3n) is 3.82. The molecule has 7 heteroatoms. The fourth-order valence-electron chi connectivity index (χ4n) is 2.71. The second kappa shape index (κ2) is 5.59. The summed E-state index contributed by atoms with van der Waals surface area (Å²) in [6.07, 6.45) is 1.17. The van der Waals surface area contributed by atoms with Gasteiger partial charge in [0.1, 0.15) is 23.8 Å². The van der Waals surface area contributed by atoms with Gasteiger partial charge in [0.05, 0.1) is 28.0 Å². The molecule has 0 fully saturated rings. The van der Waals surface area contributed by atoms with Crippen LogP contribution in [0.2, 0.25) is 0 Å². The molecule has 2 aromatic heterocycles. The molecule has 4 rings (SSSR count). The molecule has 4 nitrogen and oxygen atoms in total. The van der Waals surface area contributed by atoms with Crippen LogP contribution in [0.5, 0.6) is 0 Å². The van der Waals surface area contributed by atoms with Gasteiger partial charge in [-0.3, -0.25) is 0 Å². The van der Waals surface area contributed by atoms with E-state index in [1.54, 1.807) is 6.07 Å². The predicted octanol–water partition coefficient (Wildman–Crippen LogP) is 5.21. The first-order chi connectivity index (χ1) is 12.2. The number of nitrogens with zero attached hydrogens (tertiary/aromatic N) is 4. The standard InChI is InChI=1S/C18H6F2N4S/c1-22-18-14(19)10(7-21)16-13(15(18)20)17(24-8-23-16)12-6-9-4-2-3-5-11(9)25-12/h2-6,8H. The fraction of sp³-hybridized carbons (Fsp3) is 0. The lowest BCUT2D eigenvalue weighted by atomic mass is 10.0. The monoisotopic (exact) mass is 348 g/mol. The molecule has 0 aliphatic heterocycles. The normalized spacial score (nSPS) is 10.7. The van der Waals surface area contributed by atoms with Crippen LogP contribution in [0.15, 0.2) is 36.7 Å². The van der Waals surface area contributed by atoms with Crippen molar-refractivity contribution in [2.24, 2.45) is 0 Å². The van der Waals surface area contributed by atoms with Crippen LogP contribution < -0.4 is 0 Å². The van der Waals surface area contributed by atoms with Crippen LogP contribution in [0.1, 0.15) is 5.56 Å². The van der Waals surface area contributed by atoms with Crippen LogP contribution in [0.3, 0.4) is 0 Å². The molecule has 118 valence electrons. The van der Waals surface area contributed by atoms with Gasteiger partial charge in [0.15, 0.2) is 5.82 Å². The van der Waals surface area contributed by atoms with E-state index in [0.717, 1.165) is 10.1 Å². The highest BCUT2D eigenvalue weighted by molar-refractivity contribution is 7.22. The number of hydrogen-bond acceptors (Lipinski definition) is 4. The number of aromatic nitrogens is 2. The maximum absolute atomic E-state index is 14.8. The number of benzene rings is 2. The van der Waals surface area contributed by atoms with Gasteiger partial charge in [-0.2, -0.15) is 5.26 Å². The summed E-state index contributed by atoms with van der Waals surface area (Å²) in [5.41, 5.74) is -1.16. The molecule has 0 N–H and O–H groups in total. The highest BCUT2D eigenvalue weighted by atomic mass is 32.1. The number of thiophene rings is 1. The molecule has 0 atom stereocenters. The summed E-state index contributed by atoms with van der Waals surface area (Å²) in [6, 6.07) is 11.1. The maximum Gasteiger partial charge on any atom is 0.259 e. The van der Waals surface area contributed by atoms with Crippen LogP contribution in [-0.4, -0.2) is 9.97 Å². The predicted molar refractivity (Wildman–Crippen MR) is 91.3 cm³/mol. The molecule has 0 radical (unpaired) electrons. The van der Waals surface area contributed by atoms with Crippen LogP contribution in [-0.2, 0) is 0 Å². The van der Waals surface area contributed by atoms with E-state index in [2.05, 4.69) is 14.8 Å². The van der Waals surface area contributed by atoms with Crippen LogP contribution in [0.4, 0.5) is 14.5 Å². The first kappa shape index (κ1) is 15.1. The highest BCUT2D eigenvalue weighted by Gasteiger charge is 2.24. The van der Waals surface area contributed by atoms with Crippen molar-refractivity contribution < 1.29 is 8.78 Å². The minimum Gasteiger partial charge on any atom is -0.235 e. The van der Waals surface area contributed by atoms with Gasteiger partial charge in [-0.25, -0.2) is 23.6 Å². The van der Waals surface area contributed by atoms with E-state index < -0.39 is 22.9 Å². The Hall–Kier alpha value is -3.42. The number of fused-ring (bicyclic) bond motifs is 2. The van der Waals surface area contributed by atoms with E-state index in [-0.39, 0.29) is 16.6 Å². The van der Waals surface area contributed by atoms with Crippen molar-refractivity contribution in [3.05, 3.63) is 65.3 Å². The highest BCUT2D eigenvalue weighted by Crippen LogP contribution is 2.40. The van der Waals surface area contributed by atoms with Gasteiger partial charge in [-0.05, 0) is 17.5 Å². The Morgan fingerprint density at radius 2 is 1.96 bits per heavy atom. The van der Waals surface area contributed by atoms with Gasteiger partial charge >= 0.3 is 0 Å². The molecule has 0 spiro atoms. The van der Waals surface area contributed by atoms with E-state index in [1.807, 2.05) is 30.3 Å². The van der Waals surface area contributed by atoms with Gasteiger partial charge in [0.25, 0.3) is 5.69 Å². The Morgan fingerprint density at radius 1 is 1.16 bits per heavy atom. The van der Waals surface area contributed by atoms with E-state index >= 15 is 0 Å². The zero-order chi connectivity index (χ0) is 17.6. The van der Waals surface area contributed by atoms with Crippen molar-refractivity contribution in [3.63, 3.8) is 0 Å². The fourth-order valence-corrected chi connectivity index (χ4v) is 3.77. The van der Waals surface area contributed by atoms with Gasteiger partial charge in [-0.15, -0.1) is 11.3 Å². The minimum absolute atomic E-state index is 0.113. The van der Waals surface area contributed by atoms with E-state index in [1.165, 1.54) is 17.7 Å². The molecule has 0 bridgehead atoms. The molecule has 2 aromatic carbocycles. The average Bonchev–Trinajstić information content (AvgIpc) is 3.06. The maximum atomic E-state index is 14.8. The molecular formula is C18H6F2N4S. The molecule has 0 amide bonds. The van der Waals surface area contributed by atoms with Crippen LogP contribution in [0, 0.1) is 29.5 Å². The van der Waals surface area contributed by atoms with Crippen molar-refractivity contribution >= 4 is 38.0 Å². The summed E-state index contributed by atoms with van der Waals surface area (Å²) in [7, 11) is 0. The lowest BCUT2D eigenvalue weighted by Gasteiger charge is -2.08. The number of nitriles is 1. The molecule has 4 aromatic rings. The second-order valence-electron chi connectivity index (χ2n) is 5.17. The second-order valence-corrected chi connectivity index (χ2v) is 6.25. The van der Waals surface area contributed by atoms with Crippen LogP contribution in [0.25, 0.3) is 36.4 Å². The van der Waals surface area contributed by atoms with E-state index in [4.69, 9.17) is 6.57 Å². The zero-order valence-electron chi connectivity index (χ0n) is 12.4. The first-order valence-electron chi connectivity index (χ1n) is 7.08.